The van der Waals surface area contributed by atoms with Crippen LogP contribution >= 0.6 is 11.3 Å². The van der Waals surface area contributed by atoms with Gasteiger partial charge in [-0.25, -0.2) is 0 Å². The first-order valence-corrected chi connectivity index (χ1v) is 10.9. The van der Waals surface area contributed by atoms with Crippen LogP contribution in [0.15, 0.2) is 83.7 Å². The van der Waals surface area contributed by atoms with Crippen LogP contribution in [0.5, 0.6) is 17.2 Å². The van der Waals surface area contributed by atoms with Gasteiger partial charge in [0.05, 0.1) is 10.1 Å². The Morgan fingerprint density at radius 2 is 1.73 bits per heavy atom. The summed E-state index contributed by atoms with van der Waals surface area (Å²) in [7, 11) is 0. The molecule has 2 aromatic heterocycles. The zero-order chi connectivity index (χ0) is 22.8. The molecular weight excluding hydrogens is 438 g/mol. The number of hydrogen-bond donors (Lipinski definition) is 0. The van der Waals surface area contributed by atoms with Crippen molar-refractivity contribution >= 4 is 28.3 Å². The van der Waals surface area contributed by atoms with E-state index in [1.807, 2.05) is 54.6 Å². The first kappa shape index (κ1) is 20.6. The molecule has 0 spiro atoms. The molecule has 0 atom stereocenters. The van der Waals surface area contributed by atoms with E-state index >= 15 is 0 Å². The Kier molecular flexibility index (Phi) is 5.42. The second kappa shape index (κ2) is 8.68. The molecule has 0 radical (unpaired) electrons. The maximum Gasteiger partial charge on any atom is 0.308 e. The van der Waals surface area contributed by atoms with Crippen LogP contribution in [0.25, 0.3) is 22.4 Å². The van der Waals surface area contributed by atoms with Gasteiger partial charge in [-0.1, -0.05) is 53.8 Å². The molecule has 2 heterocycles. The molecule has 162 valence electrons. The third-order valence-corrected chi connectivity index (χ3v) is 5.66. The third kappa shape index (κ3) is 4.37. The van der Waals surface area contributed by atoms with Crippen molar-refractivity contribution in [2.75, 3.05) is 0 Å². The minimum Gasteiger partial charge on any atom is -0.457 e. The summed E-state index contributed by atoms with van der Waals surface area (Å²) in [5.74, 6) is 1.63. The molecule has 8 heteroatoms. The second-order valence-corrected chi connectivity index (χ2v) is 8.13. The van der Waals surface area contributed by atoms with Gasteiger partial charge >= 0.3 is 5.97 Å². The Morgan fingerprint density at radius 1 is 0.970 bits per heavy atom. The molecule has 0 aliphatic carbocycles. The standard InChI is InChI=1S/C25H17N3O4S/c1-16(29)31-21-13-6-5-12-20(21)23-26-25-28(27-23)24(30)22(33-25)15-17-8-7-11-19(14-17)32-18-9-3-2-4-10-18/h2-15H,1H3/b22-15-. The van der Waals surface area contributed by atoms with E-state index in [1.165, 1.54) is 22.8 Å². The molecule has 0 bridgehead atoms. The topological polar surface area (TPSA) is 82.8 Å². The molecule has 3 aromatic carbocycles. The van der Waals surface area contributed by atoms with Crippen LogP contribution < -0.4 is 19.6 Å². The number of esters is 1. The lowest BCUT2D eigenvalue weighted by atomic mass is 10.2. The summed E-state index contributed by atoms with van der Waals surface area (Å²) in [6, 6.07) is 23.9. The fraction of sp³-hybridized carbons (Fsp3) is 0.0400. The first-order valence-electron chi connectivity index (χ1n) is 10.1. The van der Waals surface area contributed by atoms with Gasteiger partial charge in [0, 0.05) is 6.92 Å². The average Bonchev–Trinajstić information content (AvgIpc) is 3.34. The number of benzene rings is 3. The second-order valence-electron chi connectivity index (χ2n) is 7.12. The molecule has 5 aromatic rings. The van der Waals surface area contributed by atoms with Gasteiger partial charge < -0.3 is 9.47 Å². The van der Waals surface area contributed by atoms with E-state index in [9.17, 15) is 9.59 Å². The number of carbonyl (C=O) groups excluding carboxylic acids is 1. The van der Waals surface area contributed by atoms with Crippen LogP contribution in [0, 0.1) is 0 Å². The third-order valence-electron chi connectivity index (χ3n) is 4.70. The van der Waals surface area contributed by atoms with Crippen LogP contribution in [-0.2, 0) is 4.79 Å². The van der Waals surface area contributed by atoms with Gasteiger partial charge in [-0.2, -0.15) is 9.50 Å². The predicted molar refractivity (Wildman–Crippen MR) is 126 cm³/mol. The quantitative estimate of drug-likeness (QED) is 0.293. The first-order chi connectivity index (χ1) is 16.1. The van der Waals surface area contributed by atoms with Crippen LogP contribution in [-0.4, -0.2) is 20.6 Å². The van der Waals surface area contributed by atoms with E-state index in [-0.39, 0.29) is 5.56 Å². The minimum absolute atomic E-state index is 0.270. The number of carbonyl (C=O) groups is 1. The van der Waals surface area contributed by atoms with E-state index in [1.54, 1.807) is 30.3 Å². The monoisotopic (exact) mass is 455 g/mol. The van der Waals surface area contributed by atoms with Crippen LogP contribution in [0.3, 0.4) is 0 Å². The SMILES string of the molecule is CC(=O)Oc1ccccc1-c1nc2s/c(=C\c3cccc(Oc4ccccc4)c3)c(=O)n2n1. The zero-order valence-corrected chi connectivity index (χ0v) is 18.3. The number of rotatable bonds is 5. The number of para-hydroxylation sites is 2. The summed E-state index contributed by atoms with van der Waals surface area (Å²) in [6.07, 6.45) is 1.79. The number of thiazole rings is 1. The smallest absolute Gasteiger partial charge is 0.308 e. The Balaban J connectivity index is 1.49. The number of aromatic nitrogens is 3. The van der Waals surface area contributed by atoms with Gasteiger partial charge in [0.2, 0.25) is 4.96 Å². The molecule has 0 unspecified atom stereocenters. The normalized spacial score (nSPS) is 11.6. The summed E-state index contributed by atoms with van der Waals surface area (Å²) < 4.78 is 12.9. The maximum absolute atomic E-state index is 12.9. The summed E-state index contributed by atoms with van der Waals surface area (Å²) >= 11 is 1.24. The molecule has 0 aliphatic heterocycles. The Hall–Kier alpha value is -4.30. The molecule has 5 rings (SSSR count). The highest BCUT2D eigenvalue weighted by Gasteiger charge is 2.16. The zero-order valence-electron chi connectivity index (χ0n) is 17.5. The van der Waals surface area contributed by atoms with E-state index in [2.05, 4.69) is 10.1 Å². The average molecular weight is 455 g/mol. The maximum atomic E-state index is 12.9. The molecule has 0 N–H and O–H groups in total. The molecule has 0 fully saturated rings. The lowest BCUT2D eigenvalue weighted by Crippen LogP contribution is -2.23. The molecular formula is C25H17N3O4S. The highest BCUT2D eigenvalue weighted by Crippen LogP contribution is 2.28. The van der Waals surface area contributed by atoms with Crippen molar-refractivity contribution in [2.24, 2.45) is 0 Å². The number of nitrogens with zero attached hydrogens (tertiary/aromatic N) is 3. The fourth-order valence-corrected chi connectivity index (χ4v) is 4.19. The molecule has 0 amide bonds. The number of ether oxygens (including phenoxy) is 2. The van der Waals surface area contributed by atoms with Crippen LogP contribution in [0.4, 0.5) is 0 Å². The predicted octanol–water partition coefficient (Wildman–Crippen LogP) is 4.08. The largest absolute Gasteiger partial charge is 0.457 e. The summed E-state index contributed by atoms with van der Waals surface area (Å²) in [6.45, 7) is 1.33. The van der Waals surface area contributed by atoms with E-state index in [4.69, 9.17) is 9.47 Å². The Labute approximate surface area is 192 Å². The molecule has 7 nitrogen and oxygen atoms in total. The Bertz CT molecular complexity index is 1570. The van der Waals surface area contributed by atoms with Crippen molar-refractivity contribution in [2.45, 2.75) is 6.92 Å². The van der Waals surface area contributed by atoms with Crippen molar-refractivity contribution < 1.29 is 14.3 Å². The van der Waals surface area contributed by atoms with E-state index in [0.717, 1.165) is 11.3 Å². The molecule has 0 saturated carbocycles. The minimum atomic E-state index is -0.441. The summed E-state index contributed by atoms with van der Waals surface area (Å²) in [4.78, 5) is 29.3. The lowest BCUT2D eigenvalue weighted by molar-refractivity contribution is -0.131. The molecule has 0 saturated heterocycles. The van der Waals surface area contributed by atoms with Crippen molar-refractivity contribution in [3.63, 3.8) is 0 Å². The highest BCUT2D eigenvalue weighted by molar-refractivity contribution is 7.15. The van der Waals surface area contributed by atoms with Gasteiger partial charge in [0.25, 0.3) is 5.56 Å². The van der Waals surface area contributed by atoms with Gasteiger partial charge in [0.15, 0.2) is 5.82 Å². The summed E-state index contributed by atoms with van der Waals surface area (Å²) in [5, 5.41) is 4.35. The lowest BCUT2D eigenvalue weighted by Gasteiger charge is -2.05. The Morgan fingerprint density at radius 3 is 2.52 bits per heavy atom. The van der Waals surface area contributed by atoms with Crippen molar-refractivity contribution in [3.8, 4) is 28.6 Å². The van der Waals surface area contributed by atoms with Gasteiger partial charge in [-0.3, -0.25) is 9.59 Å². The van der Waals surface area contributed by atoms with E-state index < -0.39 is 5.97 Å². The van der Waals surface area contributed by atoms with Gasteiger partial charge in [0.1, 0.15) is 17.2 Å². The van der Waals surface area contributed by atoms with Crippen molar-refractivity contribution in [1.82, 2.24) is 14.6 Å². The highest BCUT2D eigenvalue weighted by atomic mass is 32.1. The molecule has 33 heavy (non-hydrogen) atoms. The number of hydrogen-bond acceptors (Lipinski definition) is 7. The van der Waals surface area contributed by atoms with E-state index in [0.29, 0.717) is 32.4 Å². The number of fused-ring (bicyclic) bond motifs is 1. The van der Waals surface area contributed by atoms with Crippen molar-refractivity contribution in [3.05, 3.63) is 99.3 Å². The fourth-order valence-electron chi connectivity index (χ4n) is 3.29. The summed E-state index contributed by atoms with van der Waals surface area (Å²) in [5.41, 5.74) is 1.10. The van der Waals surface area contributed by atoms with Gasteiger partial charge in [-0.05, 0) is 48.0 Å². The van der Waals surface area contributed by atoms with Crippen LogP contribution in [0.2, 0.25) is 0 Å². The molecule has 0 aliphatic rings. The van der Waals surface area contributed by atoms with Crippen LogP contribution in [0.1, 0.15) is 12.5 Å². The van der Waals surface area contributed by atoms with Gasteiger partial charge in [-0.15, -0.1) is 5.10 Å². The van der Waals surface area contributed by atoms with Crippen molar-refractivity contribution in [1.29, 1.82) is 0 Å².